The first-order chi connectivity index (χ1) is 6.20. The molecule has 0 saturated carbocycles. The lowest BCUT2D eigenvalue weighted by Crippen LogP contribution is -2.12. The van der Waals surface area contributed by atoms with Gasteiger partial charge in [0.1, 0.15) is 6.23 Å². The van der Waals surface area contributed by atoms with Crippen molar-refractivity contribution in [2.75, 3.05) is 7.11 Å². The van der Waals surface area contributed by atoms with Crippen LogP contribution in [0.4, 0.5) is 0 Å². The zero-order valence-electron chi connectivity index (χ0n) is 8.28. The smallest absolute Gasteiger partial charge is 0.179 e. The first-order valence-corrected chi connectivity index (χ1v) is 4.43. The lowest BCUT2D eigenvalue weighted by molar-refractivity contribution is 0.0570. The van der Waals surface area contributed by atoms with Gasteiger partial charge in [-0.05, 0) is 19.1 Å². The van der Waals surface area contributed by atoms with Crippen LogP contribution >= 0.6 is 0 Å². The van der Waals surface area contributed by atoms with E-state index in [1.54, 1.807) is 7.11 Å². The summed E-state index contributed by atoms with van der Waals surface area (Å²) in [6, 6.07) is 3.68. The normalized spacial score (nSPS) is 12.8. The molecule has 0 saturated heterocycles. The van der Waals surface area contributed by atoms with Gasteiger partial charge < -0.3 is 9.30 Å². The van der Waals surface area contributed by atoms with E-state index < -0.39 is 0 Å². The van der Waals surface area contributed by atoms with Crippen molar-refractivity contribution in [2.45, 2.75) is 26.5 Å². The molecule has 1 heterocycles. The average molecular weight is 181 g/mol. The maximum absolute atomic E-state index is 11.4. The maximum atomic E-state index is 11.4. The Morgan fingerprint density at radius 2 is 2.38 bits per heavy atom. The third-order valence-corrected chi connectivity index (χ3v) is 2.12. The van der Waals surface area contributed by atoms with Crippen LogP contribution in [0.2, 0.25) is 0 Å². The number of ketones is 1. The van der Waals surface area contributed by atoms with E-state index in [1.165, 1.54) is 0 Å². The maximum Gasteiger partial charge on any atom is 0.179 e. The Balaban J connectivity index is 2.95. The second-order valence-corrected chi connectivity index (χ2v) is 2.91. The zero-order valence-corrected chi connectivity index (χ0v) is 8.28. The second-order valence-electron chi connectivity index (χ2n) is 2.91. The summed E-state index contributed by atoms with van der Waals surface area (Å²) < 4.78 is 6.98. The number of hydrogen-bond acceptors (Lipinski definition) is 2. The van der Waals surface area contributed by atoms with Gasteiger partial charge in [-0.15, -0.1) is 0 Å². The number of Topliss-reactive ketones (excluding diaryl/α,β-unsaturated/α-hetero) is 1. The highest BCUT2D eigenvalue weighted by molar-refractivity contribution is 5.94. The van der Waals surface area contributed by atoms with Crippen LogP contribution in [0.5, 0.6) is 0 Å². The molecule has 0 fully saturated rings. The van der Waals surface area contributed by atoms with Gasteiger partial charge in [0, 0.05) is 19.7 Å². The molecule has 0 aliphatic rings. The van der Waals surface area contributed by atoms with Crippen LogP contribution in [0.15, 0.2) is 18.3 Å². The predicted molar refractivity (Wildman–Crippen MR) is 50.8 cm³/mol. The number of ether oxygens (including phenoxy) is 1. The van der Waals surface area contributed by atoms with Crippen LogP contribution in [0, 0.1) is 0 Å². The van der Waals surface area contributed by atoms with Crippen LogP contribution in [0.3, 0.4) is 0 Å². The van der Waals surface area contributed by atoms with Gasteiger partial charge in [-0.2, -0.15) is 0 Å². The molecular formula is C10H15NO2. The number of methoxy groups -OCH3 is 1. The molecule has 0 radical (unpaired) electrons. The van der Waals surface area contributed by atoms with Gasteiger partial charge in [0.2, 0.25) is 0 Å². The minimum atomic E-state index is -0.0829. The average Bonchev–Trinajstić information content (AvgIpc) is 2.63. The lowest BCUT2D eigenvalue weighted by atomic mass is 10.2. The molecule has 1 aromatic rings. The molecule has 0 bridgehead atoms. The number of aromatic nitrogens is 1. The lowest BCUT2D eigenvalue weighted by Gasteiger charge is -2.14. The highest BCUT2D eigenvalue weighted by Crippen LogP contribution is 2.13. The number of rotatable bonds is 4. The molecule has 0 amide bonds. The molecule has 1 aromatic heterocycles. The van der Waals surface area contributed by atoms with Crippen molar-refractivity contribution in [3.8, 4) is 0 Å². The van der Waals surface area contributed by atoms with Crippen molar-refractivity contribution in [3.05, 3.63) is 24.0 Å². The summed E-state index contributed by atoms with van der Waals surface area (Å²) in [5.41, 5.74) is 0.719. The number of nitrogens with zero attached hydrogens (tertiary/aromatic N) is 1. The van der Waals surface area contributed by atoms with Crippen LogP contribution in [0.1, 0.15) is 37.0 Å². The first-order valence-electron chi connectivity index (χ1n) is 4.43. The van der Waals surface area contributed by atoms with E-state index in [1.807, 2.05) is 36.7 Å². The molecule has 0 aliphatic heterocycles. The van der Waals surface area contributed by atoms with Crippen molar-refractivity contribution in [1.82, 2.24) is 4.57 Å². The third kappa shape index (κ3) is 1.98. The molecule has 1 unspecified atom stereocenters. The third-order valence-electron chi connectivity index (χ3n) is 2.12. The highest BCUT2D eigenvalue weighted by Gasteiger charge is 2.11. The highest BCUT2D eigenvalue weighted by atomic mass is 16.5. The summed E-state index contributed by atoms with van der Waals surface area (Å²) in [6.07, 6.45) is 2.30. The fraction of sp³-hybridized carbons (Fsp3) is 0.500. The summed E-state index contributed by atoms with van der Waals surface area (Å²) >= 11 is 0. The van der Waals surface area contributed by atoms with Gasteiger partial charge in [-0.1, -0.05) is 6.92 Å². The van der Waals surface area contributed by atoms with E-state index in [9.17, 15) is 4.79 Å². The van der Waals surface area contributed by atoms with E-state index in [2.05, 4.69) is 0 Å². The fourth-order valence-corrected chi connectivity index (χ4v) is 1.24. The van der Waals surface area contributed by atoms with Crippen molar-refractivity contribution in [3.63, 3.8) is 0 Å². The Hall–Kier alpha value is -1.09. The first kappa shape index (κ1) is 9.99. The molecular weight excluding hydrogens is 166 g/mol. The fourth-order valence-electron chi connectivity index (χ4n) is 1.24. The minimum Gasteiger partial charge on any atom is -0.362 e. The summed E-state index contributed by atoms with van der Waals surface area (Å²) in [6.45, 7) is 3.77. The van der Waals surface area contributed by atoms with E-state index >= 15 is 0 Å². The Labute approximate surface area is 78.3 Å². The van der Waals surface area contributed by atoms with Gasteiger partial charge in [0.15, 0.2) is 5.78 Å². The van der Waals surface area contributed by atoms with Crippen LogP contribution in [0.25, 0.3) is 0 Å². The molecule has 3 heteroatoms. The van der Waals surface area contributed by atoms with Gasteiger partial charge >= 0.3 is 0 Å². The SMILES string of the molecule is CCC(=O)c1cccn1C(C)OC. The van der Waals surface area contributed by atoms with E-state index in [0.29, 0.717) is 6.42 Å². The summed E-state index contributed by atoms with van der Waals surface area (Å²) in [5.74, 6) is 0.147. The minimum absolute atomic E-state index is 0.0829. The zero-order chi connectivity index (χ0) is 9.84. The summed E-state index contributed by atoms with van der Waals surface area (Å²) in [5, 5.41) is 0. The Bertz CT molecular complexity index is 291. The Morgan fingerprint density at radius 3 is 2.92 bits per heavy atom. The standard InChI is InChI=1S/C10H15NO2/c1-4-10(12)9-6-5-7-11(9)8(2)13-3/h5-8H,4H2,1-3H3. The van der Waals surface area contributed by atoms with Crippen molar-refractivity contribution in [2.24, 2.45) is 0 Å². The van der Waals surface area contributed by atoms with Crippen LogP contribution in [-0.2, 0) is 4.74 Å². The van der Waals surface area contributed by atoms with Crippen molar-refractivity contribution in [1.29, 1.82) is 0 Å². The summed E-state index contributed by atoms with van der Waals surface area (Å²) in [4.78, 5) is 11.4. The van der Waals surface area contributed by atoms with Crippen molar-refractivity contribution < 1.29 is 9.53 Å². The number of hydrogen-bond donors (Lipinski definition) is 0. The monoisotopic (exact) mass is 181 g/mol. The van der Waals surface area contributed by atoms with Crippen LogP contribution < -0.4 is 0 Å². The topological polar surface area (TPSA) is 31.2 Å². The molecule has 72 valence electrons. The predicted octanol–water partition coefficient (Wildman–Crippen LogP) is 2.25. The second kappa shape index (κ2) is 4.23. The Morgan fingerprint density at radius 1 is 1.69 bits per heavy atom. The molecule has 1 atom stereocenters. The molecule has 0 N–H and O–H groups in total. The van der Waals surface area contributed by atoms with Crippen LogP contribution in [-0.4, -0.2) is 17.5 Å². The van der Waals surface area contributed by atoms with Gasteiger partial charge in [-0.25, -0.2) is 0 Å². The summed E-state index contributed by atoms with van der Waals surface area (Å²) in [7, 11) is 1.63. The quantitative estimate of drug-likeness (QED) is 0.667. The largest absolute Gasteiger partial charge is 0.362 e. The van der Waals surface area contributed by atoms with Gasteiger partial charge in [0.25, 0.3) is 0 Å². The molecule has 1 rings (SSSR count). The Kier molecular flexibility index (Phi) is 3.25. The van der Waals surface area contributed by atoms with E-state index in [4.69, 9.17) is 4.74 Å². The molecule has 3 nitrogen and oxygen atoms in total. The molecule has 0 aliphatic carbocycles. The number of carbonyl (C=O) groups excluding carboxylic acids is 1. The number of carbonyl (C=O) groups is 1. The van der Waals surface area contributed by atoms with E-state index in [-0.39, 0.29) is 12.0 Å². The molecule has 0 aromatic carbocycles. The van der Waals surface area contributed by atoms with Crippen molar-refractivity contribution >= 4 is 5.78 Å². The van der Waals surface area contributed by atoms with Gasteiger partial charge in [-0.3, -0.25) is 4.79 Å². The molecule has 13 heavy (non-hydrogen) atoms. The van der Waals surface area contributed by atoms with E-state index in [0.717, 1.165) is 5.69 Å². The molecule has 0 spiro atoms. The van der Waals surface area contributed by atoms with Gasteiger partial charge in [0.05, 0.1) is 5.69 Å².